The van der Waals surface area contributed by atoms with Crippen molar-refractivity contribution in [3.8, 4) is 0 Å². The Labute approximate surface area is 140 Å². The number of carbonyl (C=O) groups excluding carboxylic acids is 1. The Morgan fingerprint density at radius 3 is 2.58 bits per heavy atom. The molecule has 0 bridgehead atoms. The van der Waals surface area contributed by atoms with Crippen LogP contribution in [-0.4, -0.2) is 27.1 Å². The highest BCUT2D eigenvalue weighted by molar-refractivity contribution is 5.78. The fraction of sp³-hybridized carbons (Fsp3) is 0.412. The molecule has 2 unspecified atom stereocenters. The zero-order chi connectivity index (χ0) is 17.5. The van der Waals surface area contributed by atoms with Gasteiger partial charge in [-0.2, -0.15) is 4.98 Å². The first kappa shape index (κ1) is 17.7. The molecule has 7 heteroatoms. The largest absolute Gasteiger partial charge is 0.481 e. The molecule has 0 radical (unpaired) electrons. The molecule has 2 aromatic rings. The number of carboxylic acid groups (broad SMARTS) is 1. The number of amides is 1. The van der Waals surface area contributed by atoms with Gasteiger partial charge in [0.1, 0.15) is 0 Å². The first-order chi connectivity index (χ1) is 11.5. The van der Waals surface area contributed by atoms with Crippen LogP contribution >= 0.6 is 0 Å². The maximum atomic E-state index is 12.2. The van der Waals surface area contributed by atoms with E-state index in [1.54, 1.807) is 13.8 Å². The molecule has 1 heterocycles. The van der Waals surface area contributed by atoms with Gasteiger partial charge in [0.2, 0.25) is 11.8 Å². The number of nitrogens with one attached hydrogen (secondary N) is 1. The molecule has 24 heavy (non-hydrogen) atoms. The third-order valence-corrected chi connectivity index (χ3v) is 3.73. The van der Waals surface area contributed by atoms with Crippen LogP contribution in [0, 0.1) is 12.8 Å². The first-order valence-corrected chi connectivity index (χ1v) is 7.83. The van der Waals surface area contributed by atoms with Crippen molar-refractivity contribution in [3.05, 3.63) is 47.6 Å². The highest BCUT2D eigenvalue weighted by atomic mass is 16.5. The van der Waals surface area contributed by atoms with E-state index in [4.69, 9.17) is 4.52 Å². The summed E-state index contributed by atoms with van der Waals surface area (Å²) in [5.74, 6) is -0.818. The van der Waals surface area contributed by atoms with Gasteiger partial charge in [-0.15, -0.1) is 0 Å². The Hall–Kier alpha value is -2.70. The summed E-state index contributed by atoms with van der Waals surface area (Å²) in [6, 6.07) is 8.54. The second-order valence-electron chi connectivity index (χ2n) is 5.67. The van der Waals surface area contributed by atoms with Crippen molar-refractivity contribution >= 4 is 11.9 Å². The molecule has 0 saturated heterocycles. The number of rotatable bonds is 8. The molecule has 0 aliphatic rings. The van der Waals surface area contributed by atoms with Crippen LogP contribution in [0.15, 0.2) is 34.9 Å². The van der Waals surface area contributed by atoms with Gasteiger partial charge in [-0.1, -0.05) is 35.5 Å². The monoisotopic (exact) mass is 331 g/mol. The van der Waals surface area contributed by atoms with Gasteiger partial charge in [-0.25, -0.2) is 0 Å². The van der Waals surface area contributed by atoms with E-state index in [1.165, 1.54) is 0 Å². The normalized spacial score (nSPS) is 13.2. The van der Waals surface area contributed by atoms with Crippen molar-refractivity contribution in [1.82, 2.24) is 15.5 Å². The van der Waals surface area contributed by atoms with Crippen LogP contribution in [0.25, 0.3) is 0 Å². The Kier molecular flexibility index (Phi) is 6.06. The van der Waals surface area contributed by atoms with Crippen molar-refractivity contribution in [3.63, 3.8) is 0 Å². The summed E-state index contributed by atoms with van der Waals surface area (Å²) in [7, 11) is 0. The number of aryl methyl sites for hydroxylation is 2. The zero-order valence-electron chi connectivity index (χ0n) is 13.7. The number of hydrogen-bond acceptors (Lipinski definition) is 5. The standard InChI is InChI=1S/C17H21N3O4/c1-11(17(22)23)16(13-7-4-3-5-8-13)19-14(21)9-6-10-15-18-12(2)20-24-15/h3-5,7-8,11,16H,6,9-10H2,1-2H3,(H,19,21)(H,22,23). The average Bonchev–Trinajstić information content (AvgIpc) is 2.98. The van der Waals surface area contributed by atoms with Crippen LogP contribution in [0.2, 0.25) is 0 Å². The van der Waals surface area contributed by atoms with E-state index in [9.17, 15) is 14.7 Å². The smallest absolute Gasteiger partial charge is 0.308 e. The minimum absolute atomic E-state index is 0.201. The van der Waals surface area contributed by atoms with Crippen LogP contribution in [0.4, 0.5) is 0 Å². The van der Waals surface area contributed by atoms with Gasteiger partial charge in [-0.05, 0) is 25.8 Å². The Morgan fingerprint density at radius 1 is 1.29 bits per heavy atom. The summed E-state index contributed by atoms with van der Waals surface area (Å²) in [4.78, 5) is 27.6. The van der Waals surface area contributed by atoms with Crippen LogP contribution in [0.1, 0.15) is 43.1 Å². The average molecular weight is 331 g/mol. The lowest BCUT2D eigenvalue weighted by molar-refractivity contribution is -0.142. The fourth-order valence-electron chi connectivity index (χ4n) is 2.39. The molecule has 0 aliphatic heterocycles. The summed E-state index contributed by atoms with van der Waals surface area (Å²) in [6.45, 7) is 3.32. The van der Waals surface area contributed by atoms with E-state index >= 15 is 0 Å². The Bertz CT molecular complexity index is 684. The third kappa shape index (κ3) is 4.91. The number of aliphatic carboxylic acids is 1. The number of carboxylic acids is 1. The molecule has 1 amide bonds. The lowest BCUT2D eigenvalue weighted by atomic mass is 9.94. The fourth-order valence-corrected chi connectivity index (χ4v) is 2.39. The van der Waals surface area contributed by atoms with E-state index in [0.29, 0.717) is 24.6 Å². The zero-order valence-corrected chi connectivity index (χ0v) is 13.7. The Morgan fingerprint density at radius 2 is 2.00 bits per heavy atom. The molecule has 0 saturated carbocycles. The van der Waals surface area contributed by atoms with Gasteiger partial charge in [0, 0.05) is 12.8 Å². The summed E-state index contributed by atoms with van der Waals surface area (Å²) in [5, 5.41) is 15.8. The third-order valence-electron chi connectivity index (χ3n) is 3.73. The molecular weight excluding hydrogens is 310 g/mol. The van der Waals surface area contributed by atoms with Gasteiger partial charge in [0.25, 0.3) is 0 Å². The van der Waals surface area contributed by atoms with Crippen molar-refractivity contribution < 1.29 is 19.2 Å². The van der Waals surface area contributed by atoms with E-state index in [2.05, 4.69) is 15.5 Å². The van der Waals surface area contributed by atoms with Crippen LogP contribution < -0.4 is 5.32 Å². The number of hydrogen-bond donors (Lipinski definition) is 2. The molecule has 0 spiro atoms. The van der Waals surface area contributed by atoms with Gasteiger partial charge in [0.05, 0.1) is 12.0 Å². The van der Waals surface area contributed by atoms with Crippen molar-refractivity contribution in [2.45, 2.75) is 39.2 Å². The van der Waals surface area contributed by atoms with Gasteiger partial charge in [-0.3, -0.25) is 9.59 Å². The van der Waals surface area contributed by atoms with Crippen LogP contribution in [0.3, 0.4) is 0 Å². The maximum Gasteiger partial charge on any atom is 0.308 e. The highest BCUT2D eigenvalue weighted by Gasteiger charge is 2.26. The highest BCUT2D eigenvalue weighted by Crippen LogP contribution is 2.22. The second-order valence-corrected chi connectivity index (χ2v) is 5.67. The topological polar surface area (TPSA) is 105 Å². The van der Waals surface area contributed by atoms with Crippen LogP contribution in [0.5, 0.6) is 0 Å². The predicted molar refractivity (Wildman–Crippen MR) is 86.1 cm³/mol. The molecule has 0 aliphatic carbocycles. The number of nitrogens with zero attached hydrogens (tertiary/aromatic N) is 2. The van der Waals surface area contributed by atoms with E-state index in [1.807, 2.05) is 30.3 Å². The van der Waals surface area contributed by atoms with E-state index < -0.39 is 17.9 Å². The lowest BCUT2D eigenvalue weighted by Gasteiger charge is -2.23. The molecule has 7 nitrogen and oxygen atoms in total. The van der Waals surface area contributed by atoms with E-state index in [0.717, 1.165) is 5.56 Å². The first-order valence-electron chi connectivity index (χ1n) is 7.83. The summed E-state index contributed by atoms with van der Waals surface area (Å²) < 4.78 is 5.00. The second kappa shape index (κ2) is 8.24. The molecule has 2 rings (SSSR count). The summed E-state index contributed by atoms with van der Waals surface area (Å²) in [5.41, 5.74) is 0.772. The molecular formula is C17H21N3O4. The molecule has 0 fully saturated rings. The number of aromatic nitrogens is 2. The van der Waals surface area contributed by atoms with Crippen LogP contribution in [-0.2, 0) is 16.0 Å². The molecule has 2 atom stereocenters. The van der Waals surface area contributed by atoms with Gasteiger partial charge < -0.3 is 14.9 Å². The summed E-state index contributed by atoms with van der Waals surface area (Å²) >= 11 is 0. The molecule has 2 N–H and O–H groups in total. The van der Waals surface area contributed by atoms with Crippen molar-refractivity contribution in [2.75, 3.05) is 0 Å². The minimum Gasteiger partial charge on any atom is -0.481 e. The quantitative estimate of drug-likeness (QED) is 0.769. The lowest BCUT2D eigenvalue weighted by Crippen LogP contribution is -2.35. The number of carbonyl (C=O) groups is 2. The Balaban J connectivity index is 1.93. The van der Waals surface area contributed by atoms with E-state index in [-0.39, 0.29) is 12.3 Å². The minimum atomic E-state index is -0.953. The van der Waals surface area contributed by atoms with Gasteiger partial charge >= 0.3 is 5.97 Å². The van der Waals surface area contributed by atoms with Gasteiger partial charge in [0.15, 0.2) is 5.82 Å². The predicted octanol–water partition coefficient (Wildman–Crippen LogP) is 2.28. The summed E-state index contributed by atoms with van der Waals surface area (Å²) in [6.07, 6.45) is 1.33. The molecule has 1 aromatic heterocycles. The van der Waals surface area contributed by atoms with Crippen molar-refractivity contribution in [2.24, 2.45) is 5.92 Å². The number of benzene rings is 1. The molecule has 128 valence electrons. The van der Waals surface area contributed by atoms with Crippen molar-refractivity contribution in [1.29, 1.82) is 0 Å². The molecule has 1 aromatic carbocycles. The maximum absolute atomic E-state index is 12.2. The SMILES string of the molecule is Cc1noc(CCCC(=O)NC(c2ccccc2)C(C)C(=O)O)n1.